The van der Waals surface area contributed by atoms with Crippen LogP contribution in [0.1, 0.15) is 19.8 Å². The van der Waals surface area contributed by atoms with Gasteiger partial charge in [0.25, 0.3) is 0 Å². The second kappa shape index (κ2) is 3.95. The predicted molar refractivity (Wildman–Crippen MR) is 54.7 cm³/mol. The first-order valence-electron chi connectivity index (χ1n) is 5.45. The molecule has 0 aromatic carbocycles. The normalized spacial score (nSPS) is 38.3. The molecule has 2 atom stereocenters. The number of nitrogens with zero attached hydrogens (tertiary/aromatic N) is 2. The summed E-state index contributed by atoms with van der Waals surface area (Å²) < 4.78 is 0. The molecule has 1 N–H and O–H groups in total. The Kier molecular flexibility index (Phi) is 2.86. The number of nitrogens with one attached hydrogen (secondary N) is 1. The molecule has 2 fully saturated rings. The van der Waals surface area contributed by atoms with Gasteiger partial charge in [-0.1, -0.05) is 0 Å². The van der Waals surface area contributed by atoms with E-state index in [4.69, 9.17) is 0 Å². The molecule has 2 heterocycles. The number of piperazine rings is 1. The topological polar surface area (TPSA) is 18.5 Å². The van der Waals surface area contributed by atoms with E-state index >= 15 is 0 Å². The van der Waals surface area contributed by atoms with Crippen LogP contribution in [0.4, 0.5) is 0 Å². The van der Waals surface area contributed by atoms with Gasteiger partial charge in [-0.15, -0.1) is 0 Å². The van der Waals surface area contributed by atoms with E-state index in [1.54, 1.807) is 0 Å². The van der Waals surface area contributed by atoms with E-state index in [0.29, 0.717) is 6.04 Å². The molecule has 0 aliphatic carbocycles. The van der Waals surface area contributed by atoms with E-state index in [-0.39, 0.29) is 0 Å². The third kappa shape index (κ3) is 2.03. The molecule has 0 spiro atoms. The highest BCUT2D eigenvalue weighted by Crippen LogP contribution is 2.19. The van der Waals surface area contributed by atoms with Crippen LogP contribution in [0.15, 0.2) is 0 Å². The van der Waals surface area contributed by atoms with Crippen LogP contribution in [0.5, 0.6) is 0 Å². The zero-order valence-electron chi connectivity index (χ0n) is 8.79. The maximum absolute atomic E-state index is 3.49. The maximum atomic E-state index is 3.49. The largest absolute Gasteiger partial charge is 0.312 e. The summed E-state index contributed by atoms with van der Waals surface area (Å²) in [6.45, 7) is 7.16. The Morgan fingerprint density at radius 2 is 2.15 bits per heavy atom. The van der Waals surface area contributed by atoms with Crippen molar-refractivity contribution in [2.45, 2.75) is 32.0 Å². The molecule has 2 saturated heterocycles. The first-order chi connectivity index (χ1) is 6.27. The van der Waals surface area contributed by atoms with Crippen molar-refractivity contribution in [1.29, 1.82) is 0 Å². The van der Waals surface area contributed by atoms with Crippen LogP contribution < -0.4 is 5.32 Å². The molecule has 76 valence electrons. The van der Waals surface area contributed by atoms with E-state index in [0.717, 1.165) is 12.7 Å². The molecule has 13 heavy (non-hydrogen) atoms. The minimum absolute atomic E-state index is 0.669. The summed E-state index contributed by atoms with van der Waals surface area (Å²) in [4.78, 5) is 5.13. The van der Waals surface area contributed by atoms with E-state index in [1.165, 1.54) is 32.5 Å². The van der Waals surface area contributed by atoms with E-state index < -0.39 is 0 Å². The van der Waals surface area contributed by atoms with Gasteiger partial charge in [0.15, 0.2) is 0 Å². The molecule has 0 aromatic heterocycles. The highest BCUT2D eigenvalue weighted by atomic mass is 15.4. The molecule has 0 aromatic rings. The summed E-state index contributed by atoms with van der Waals surface area (Å²) in [5, 5.41) is 3.49. The monoisotopic (exact) mass is 183 g/mol. The van der Waals surface area contributed by atoms with Gasteiger partial charge in [-0.25, -0.2) is 0 Å². The van der Waals surface area contributed by atoms with Gasteiger partial charge in [0.2, 0.25) is 0 Å². The van der Waals surface area contributed by atoms with Crippen LogP contribution in [0.2, 0.25) is 0 Å². The minimum Gasteiger partial charge on any atom is -0.312 e. The zero-order chi connectivity index (χ0) is 9.26. The lowest BCUT2D eigenvalue weighted by Gasteiger charge is -2.38. The number of likely N-dealkylation sites (tertiary alicyclic amines) is 1. The first-order valence-corrected chi connectivity index (χ1v) is 5.45. The average Bonchev–Trinajstić information content (AvgIpc) is 2.51. The van der Waals surface area contributed by atoms with Crippen molar-refractivity contribution in [2.24, 2.45) is 0 Å². The Balaban J connectivity index is 1.91. The fourth-order valence-electron chi connectivity index (χ4n) is 2.59. The summed E-state index contributed by atoms with van der Waals surface area (Å²) in [6.07, 6.45) is 3.47. The molecule has 0 saturated carbocycles. The Morgan fingerprint density at radius 3 is 2.77 bits per heavy atom. The van der Waals surface area contributed by atoms with Crippen LogP contribution in [0, 0.1) is 0 Å². The van der Waals surface area contributed by atoms with Gasteiger partial charge in [-0.2, -0.15) is 0 Å². The predicted octanol–water partition coefficient (Wildman–Crippen LogP) is 0.332. The molecule has 0 amide bonds. The van der Waals surface area contributed by atoms with Gasteiger partial charge in [0.05, 0.1) is 6.17 Å². The van der Waals surface area contributed by atoms with Crippen molar-refractivity contribution >= 4 is 0 Å². The molecular weight excluding hydrogens is 162 g/mol. The lowest BCUT2D eigenvalue weighted by atomic mass is 10.2. The number of hydrogen-bond acceptors (Lipinski definition) is 3. The van der Waals surface area contributed by atoms with Gasteiger partial charge in [-0.05, 0) is 33.4 Å². The van der Waals surface area contributed by atoms with Crippen molar-refractivity contribution in [3.8, 4) is 0 Å². The molecule has 2 aliphatic rings. The minimum atomic E-state index is 0.669. The number of hydrogen-bond donors (Lipinski definition) is 1. The maximum Gasteiger partial charge on any atom is 0.0621 e. The Morgan fingerprint density at radius 1 is 1.31 bits per heavy atom. The molecule has 3 heteroatoms. The molecule has 2 aliphatic heterocycles. The van der Waals surface area contributed by atoms with Crippen molar-refractivity contribution in [3.05, 3.63) is 0 Å². The van der Waals surface area contributed by atoms with Gasteiger partial charge < -0.3 is 5.32 Å². The molecule has 2 rings (SSSR count). The summed E-state index contributed by atoms with van der Waals surface area (Å²) in [6, 6.07) is 0.669. The average molecular weight is 183 g/mol. The SMILES string of the molecule is CC1CN(C2CCCN2C)CCN1. The highest BCUT2D eigenvalue weighted by molar-refractivity contribution is 4.83. The standard InChI is InChI=1S/C10H21N3/c1-9-8-13(7-5-11-9)10-4-3-6-12(10)2/h9-11H,3-8H2,1-2H3. The smallest absolute Gasteiger partial charge is 0.0621 e. The zero-order valence-corrected chi connectivity index (χ0v) is 8.79. The highest BCUT2D eigenvalue weighted by Gasteiger charge is 2.29. The Hall–Kier alpha value is -0.120. The van der Waals surface area contributed by atoms with E-state index in [9.17, 15) is 0 Å². The van der Waals surface area contributed by atoms with Crippen molar-refractivity contribution in [2.75, 3.05) is 33.2 Å². The molecule has 0 bridgehead atoms. The summed E-state index contributed by atoms with van der Waals surface area (Å²) >= 11 is 0. The van der Waals surface area contributed by atoms with Gasteiger partial charge >= 0.3 is 0 Å². The lowest BCUT2D eigenvalue weighted by Crippen LogP contribution is -2.55. The van der Waals surface area contributed by atoms with Crippen molar-refractivity contribution < 1.29 is 0 Å². The van der Waals surface area contributed by atoms with Gasteiger partial charge in [-0.3, -0.25) is 9.80 Å². The molecule has 0 radical (unpaired) electrons. The third-order valence-electron chi connectivity index (χ3n) is 3.30. The van der Waals surface area contributed by atoms with E-state index in [2.05, 4.69) is 29.1 Å². The fraction of sp³-hybridized carbons (Fsp3) is 1.00. The van der Waals surface area contributed by atoms with Crippen molar-refractivity contribution in [3.63, 3.8) is 0 Å². The quantitative estimate of drug-likeness (QED) is 0.632. The summed E-state index contributed by atoms with van der Waals surface area (Å²) in [5.41, 5.74) is 0. The molecule has 2 unspecified atom stereocenters. The van der Waals surface area contributed by atoms with E-state index in [1.807, 2.05) is 0 Å². The lowest BCUT2D eigenvalue weighted by molar-refractivity contribution is 0.0679. The molecule has 3 nitrogen and oxygen atoms in total. The number of rotatable bonds is 1. The Labute approximate surface area is 81.1 Å². The van der Waals surface area contributed by atoms with Crippen LogP contribution in [-0.2, 0) is 0 Å². The van der Waals surface area contributed by atoms with Gasteiger partial charge in [0, 0.05) is 25.7 Å². The summed E-state index contributed by atoms with van der Waals surface area (Å²) in [5.74, 6) is 0. The van der Waals surface area contributed by atoms with Crippen LogP contribution in [-0.4, -0.2) is 55.2 Å². The van der Waals surface area contributed by atoms with Crippen LogP contribution in [0.25, 0.3) is 0 Å². The fourth-order valence-corrected chi connectivity index (χ4v) is 2.59. The first kappa shape index (κ1) is 9.44. The van der Waals surface area contributed by atoms with Crippen LogP contribution >= 0.6 is 0 Å². The Bertz CT molecular complexity index is 172. The van der Waals surface area contributed by atoms with Crippen molar-refractivity contribution in [1.82, 2.24) is 15.1 Å². The second-order valence-corrected chi connectivity index (χ2v) is 4.45. The molecular formula is C10H21N3. The van der Waals surface area contributed by atoms with Crippen LogP contribution in [0.3, 0.4) is 0 Å². The van der Waals surface area contributed by atoms with Gasteiger partial charge in [0.1, 0.15) is 0 Å². The second-order valence-electron chi connectivity index (χ2n) is 4.45. The third-order valence-corrected chi connectivity index (χ3v) is 3.30. The summed E-state index contributed by atoms with van der Waals surface area (Å²) in [7, 11) is 2.25.